The molecule has 3 aromatic carbocycles. The number of hydrogen-bond donors (Lipinski definition) is 3. The normalized spacial score (nSPS) is 11.1. The zero-order chi connectivity index (χ0) is 28.8. The van der Waals surface area contributed by atoms with Gasteiger partial charge in [0.2, 0.25) is 5.91 Å². The van der Waals surface area contributed by atoms with Gasteiger partial charge in [0.15, 0.2) is 0 Å². The van der Waals surface area contributed by atoms with Crippen molar-refractivity contribution in [1.29, 1.82) is 0 Å². The number of hydrogen-bond acceptors (Lipinski definition) is 4. The van der Waals surface area contributed by atoms with Crippen LogP contribution in [-0.2, 0) is 11.2 Å². The minimum absolute atomic E-state index is 0.207. The average Bonchev–Trinajstić information content (AvgIpc) is 3.58. The molecule has 8 nitrogen and oxygen atoms in total. The maximum Gasteiger partial charge on any atom is 0.285 e. The molecule has 3 N–H and O–H groups in total. The number of fused-ring (bicyclic) bond motifs is 1. The number of nitrogens with zero attached hydrogens (tertiary/aromatic N) is 3. The molecule has 0 fully saturated rings. The van der Waals surface area contributed by atoms with E-state index < -0.39 is 5.91 Å². The van der Waals surface area contributed by atoms with Crippen LogP contribution in [0.5, 0.6) is 0 Å². The van der Waals surface area contributed by atoms with E-state index in [-0.39, 0.29) is 12.3 Å². The molecule has 0 radical (unpaired) electrons. The number of aromatic nitrogens is 3. The third-order valence-corrected chi connectivity index (χ3v) is 7.49. The smallest absolute Gasteiger partial charge is 0.285 e. The number of benzene rings is 3. The molecule has 0 aliphatic carbocycles. The molecule has 0 aliphatic heterocycles. The molecule has 0 saturated carbocycles. The fraction of sp³-hybridized carbons (Fsp3) is 0.194. The molecule has 5 rings (SSSR count). The first-order valence-electron chi connectivity index (χ1n) is 13.3. The summed E-state index contributed by atoms with van der Waals surface area (Å²) in [5, 5.41) is 15.0. The summed E-state index contributed by atoms with van der Waals surface area (Å²) in [4.78, 5) is 28.4. The van der Waals surface area contributed by atoms with Crippen LogP contribution in [0.3, 0.4) is 0 Å². The summed E-state index contributed by atoms with van der Waals surface area (Å²) in [5.74, 6) is -0.792. The van der Waals surface area contributed by atoms with Gasteiger partial charge in [-0.15, -0.1) is 0 Å². The van der Waals surface area contributed by atoms with E-state index in [1.54, 1.807) is 5.48 Å². The Morgan fingerprint density at radius 3 is 2.44 bits per heavy atom. The van der Waals surface area contributed by atoms with Crippen molar-refractivity contribution in [2.45, 2.75) is 32.1 Å². The summed E-state index contributed by atoms with van der Waals surface area (Å²) in [6.07, 6.45) is 4.49. The third-order valence-electron chi connectivity index (χ3n) is 6.91. The van der Waals surface area contributed by atoms with Crippen molar-refractivity contribution < 1.29 is 14.8 Å². The summed E-state index contributed by atoms with van der Waals surface area (Å²) in [7, 11) is 0. The maximum absolute atomic E-state index is 13.8. The highest BCUT2D eigenvalue weighted by Gasteiger charge is 2.27. The number of hydroxylamine groups is 1. The second-order valence-corrected chi connectivity index (χ2v) is 10.6. The second kappa shape index (κ2) is 13.0. The molecule has 0 bridgehead atoms. The minimum atomic E-state index is -0.434. The number of halogens is 2. The third kappa shape index (κ3) is 6.46. The van der Waals surface area contributed by atoms with Gasteiger partial charge in [0, 0.05) is 58.2 Å². The first-order chi connectivity index (χ1) is 20.0. The van der Waals surface area contributed by atoms with Crippen LogP contribution in [0.1, 0.15) is 47.3 Å². The zero-order valence-corrected chi connectivity index (χ0v) is 23.7. The highest BCUT2D eigenvalue weighted by Crippen LogP contribution is 2.37. The van der Waals surface area contributed by atoms with Gasteiger partial charge >= 0.3 is 0 Å². The Balaban J connectivity index is 1.54. The van der Waals surface area contributed by atoms with Gasteiger partial charge in [-0.2, -0.15) is 5.10 Å². The number of carbonyl (C=O) groups is 2. The van der Waals surface area contributed by atoms with Crippen LogP contribution in [0.15, 0.2) is 85.1 Å². The molecule has 0 aliphatic rings. The predicted octanol–water partition coefficient (Wildman–Crippen LogP) is 6.93. The lowest BCUT2D eigenvalue weighted by atomic mass is 9.98. The number of rotatable bonds is 11. The summed E-state index contributed by atoms with van der Waals surface area (Å²) < 4.78 is 3.05. The molecule has 2 heterocycles. The molecule has 0 spiro atoms. The molecular weight excluding hydrogens is 561 g/mol. The van der Waals surface area contributed by atoms with Crippen LogP contribution in [0.25, 0.3) is 27.8 Å². The molecule has 0 saturated heterocycles. The average molecular weight is 591 g/mol. The molecule has 2 amide bonds. The minimum Gasteiger partial charge on any atom is -0.350 e. The van der Waals surface area contributed by atoms with Crippen molar-refractivity contribution in [1.82, 2.24) is 24.7 Å². The Bertz CT molecular complexity index is 1650. The van der Waals surface area contributed by atoms with Crippen molar-refractivity contribution in [2.24, 2.45) is 0 Å². The van der Waals surface area contributed by atoms with E-state index in [4.69, 9.17) is 33.7 Å². The standard InChI is InChI=1S/C31H29Cl2N5O3/c32-23-16-14-21(15-17-23)19-22-20-34-38(24-9-3-1-4-10-24)30(22)28-25-11-6-7-12-26(25)35-29(28)31(40)37(33)18-8-2-5-13-27(39)36-41/h1,3-4,6-7,9-12,14-17,20,35,41H,2,5,8,13,18-19H2,(H,36,39). The van der Waals surface area contributed by atoms with Gasteiger partial charge < -0.3 is 4.98 Å². The summed E-state index contributed by atoms with van der Waals surface area (Å²) >= 11 is 12.7. The summed E-state index contributed by atoms with van der Waals surface area (Å²) in [6, 6.07) is 25.3. The second-order valence-electron chi connectivity index (χ2n) is 9.73. The Kier molecular flexibility index (Phi) is 9.04. The van der Waals surface area contributed by atoms with Gasteiger partial charge in [-0.3, -0.25) is 14.8 Å². The number of unbranched alkanes of at least 4 members (excludes halogenated alkanes) is 2. The monoisotopic (exact) mass is 589 g/mol. The van der Waals surface area contributed by atoms with Crippen LogP contribution in [0.2, 0.25) is 5.02 Å². The fourth-order valence-electron chi connectivity index (χ4n) is 4.91. The molecule has 41 heavy (non-hydrogen) atoms. The number of aromatic amines is 1. The predicted molar refractivity (Wildman–Crippen MR) is 160 cm³/mol. The van der Waals surface area contributed by atoms with E-state index in [1.807, 2.05) is 89.7 Å². The maximum atomic E-state index is 13.8. The van der Waals surface area contributed by atoms with Crippen molar-refractivity contribution in [3.8, 4) is 16.9 Å². The Morgan fingerprint density at radius 2 is 1.68 bits per heavy atom. The first-order valence-corrected chi connectivity index (χ1v) is 14.1. The van der Waals surface area contributed by atoms with Crippen LogP contribution < -0.4 is 5.48 Å². The van der Waals surface area contributed by atoms with E-state index in [2.05, 4.69) is 4.98 Å². The SMILES string of the molecule is O=C(CCCCCN(Cl)C(=O)c1[nH]c2ccccc2c1-c1c(Cc2ccc(Cl)cc2)cnn1-c1ccccc1)NO. The van der Waals surface area contributed by atoms with Crippen LogP contribution >= 0.6 is 23.4 Å². The van der Waals surface area contributed by atoms with Gasteiger partial charge in [-0.25, -0.2) is 14.6 Å². The largest absolute Gasteiger partial charge is 0.350 e. The molecular formula is C31H29Cl2N5O3. The number of H-pyrrole nitrogens is 1. The van der Waals surface area contributed by atoms with Gasteiger partial charge in [0.25, 0.3) is 5.91 Å². The zero-order valence-electron chi connectivity index (χ0n) is 22.2. The molecule has 2 aromatic heterocycles. The van der Waals surface area contributed by atoms with E-state index in [0.29, 0.717) is 42.9 Å². The van der Waals surface area contributed by atoms with Gasteiger partial charge in [-0.05, 0) is 48.7 Å². The van der Waals surface area contributed by atoms with Crippen LogP contribution in [0.4, 0.5) is 0 Å². The lowest BCUT2D eigenvalue weighted by Crippen LogP contribution is -2.24. The first kappa shape index (κ1) is 28.4. The van der Waals surface area contributed by atoms with E-state index in [9.17, 15) is 9.59 Å². The van der Waals surface area contributed by atoms with Crippen molar-refractivity contribution in [3.63, 3.8) is 0 Å². The number of nitrogens with one attached hydrogen (secondary N) is 2. The molecule has 0 atom stereocenters. The summed E-state index contributed by atoms with van der Waals surface area (Å²) in [5.41, 5.74) is 7.20. The lowest BCUT2D eigenvalue weighted by Gasteiger charge is -2.16. The van der Waals surface area contributed by atoms with E-state index in [0.717, 1.165) is 39.0 Å². The lowest BCUT2D eigenvalue weighted by molar-refractivity contribution is -0.129. The molecule has 210 valence electrons. The van der Waals surface area contributed by atoms with Crippen molar-refractivity contribution >= 4 is 46.1 Å². The van der Waals surface area contributed by atoms with Crippen LogP contribution in [-0.4, -0.2) is 42.7 Å². The summed E-state index contributed by atoms with van der Waals surface area (Å²) in [6.45, 7) is 0.297. The Labute approximate surface area is 247 Å². The van der Waals surface area contributed by atoms with Crippen molar-refractivity contribution in [2.75, 3.05) is 6.54 Å². The quantitative estimate of drug-likeness (QED) is 0.0672. The highest BCUT2D eigenvalue weighted by atomic mass is 35.5. The molecule has 5 aromatic rings. The van der Waals surface area contributed by atoms with Gasteiger partial charge in [0.05, 0.1) is 17.6 Å². The number of carbonyl (C=O) groups excluding carboxylic acids is 2. The van der Waals surface area contributed by atoms with Gasteiger partial charge in [0.1, 0.15) is 5.69 Å². The van der Waals surface area contributed by atoms with E-state index in [1.165, 1.54) is 4.42 Å². The van der Waals surface area contributed by atoms with Crippen molar-refractivity contribution in [3.05, 3.63) is 107 Å². The Morgan fingerprint density at radius 1 is 0.951 bits per heavy atom. The number of para-hydroxylation sites is 2. The Hall–Kier alpha value is -4.11. The fourth-order valence-corrected chi connectivity index (χ4v) is 5.24. The van der Waals surface area contributed by atoms with Crippen LogP contribution in [0, 0.1) is 0 Å². The van der Waals surface area contributed by atoms with E-state index >= 15 is 0 Å². The number of amides is 2. The van der Waals surface area contributed by atoms with Gasteiger partial charge in [-0.1, -0.05) is 66.6 Å². The molecule has 10 heteroatoms. The topological polar surface area (TPSA) is 103 Å². The highest BCUT2D eigenvalue weighted by molar-refractivity contribution is 6.30. The molecule has 0 unspecified atom stereocenters.